The van der Waals surface area contributed by atoms with Gasteiger partial charge >= 0.3 is 6.09 Å². The molecule has 1 atom stereocenters. The molecular weight excluding hydrogens is 340 g/mol. The van der Waals surface area contributed by atoms with Gasteiger partial charge in [0.05, 0.1) is 22.9 Å². The van der Waals surface area contributed by atoms with E-state index in [9.17, 15) is 24.5 Å². The quantitative estimate of drug-likeness (QED) is 0.355. The number of amides is 1. The zero-order valence-electron chi connectivity index (χ0n) is 14.9. The van der Waals surface area contributed by atoms with E-state index in [1.165, 1.54) is 29.2 Å². The summed E-state index contributed by atoms with van der Waals surface area (Å²) in [5.41, 5.74) is -0.956. The van der Waals surface area contributed by atoms with Gasteiger partial charge in [-0.1, -0.05) is 12.1 Å². The van der Waals surface area contributed by atoms with Crippen LogP contribution in [-0.4, -0.2) is 46.3 Å². The molecule has 8 heteroatoms. The monoisotopic (exact) mass is 360 g/mol. The molecule has 1 unspecified atom stereocenters. The second-order valence-corrected chi connectivity index (χ2v) is 7.01. The van der Waals surface area contributed by atoms with Crippen molar-refractivity contribution in [3.05, 3.63) is 45.5 Å². The fourth-order valence-corrected chi connectivity index (χ4v) is 2.76. The number of rotatable bonds is 3. The van der Waals surface area contributed by atoms with Crippen molar-refractivity contribution in [2.75, 3.05) is 13.1 Å². The van der Waals surface area contributed by atoms with Crippen molar-refractivity contribution in [3.63, 3.8) is 0 Å². The molecule has 26 heavy (non-hydrogen) atoms. The van der Waals surface area contributed by atoms with Gasteiger partial charge in [-0.25, -0.2) is 9.59 Å². The van der Waals surface area contributed by atoms with Crippen LogP contribution < -0.4 is 0 Å². The molecule has 1 aliphatic heterocycles. The fraction of sp³-hybridized carbons (Fsp3) is 0.444. The van der Waals surface area contributed by atoms with Gasteiger partial charge in [0.25, 0.3) is 5.69 Å². The van der Waals surface area contributed by atoms with Crippen molar-refractivity contribution < 1.29 is 24.0 Å². The standard InChI is InChI=1S/C18H20N2O6/c1-18(2,3)26-17(23)19-9-8-13(12(10-19)11-21)16(22)14-6-4-5-7-15(14)20(24)25/h4-7,13H,8-10H2,1-3H3. The molecule has 0 bridgehead atoms. The number of nitro benzene ring substituents is 1. The van der Waals surface area contributed by atoms with Gasteiger partial charge < -0.3 is 9.64 Å². The molecule has 0 N–H and O–H groups in total. The average molecular weight is 360 g/mol. The molecule has 1 aromatic rings. The number of nitro groups is 1. The van der Waals surface area contributed by atoms with E-state index in [4.69, 9.17) is 4.74 Å². The largest absolute Gasteiger partial charge is 0.444 e. The van der Waals surface area contributed by atoms with E-state index >= 15 is 0 Å². The first kappa shape index (κ1) is 19.3. The van der Waals surface area contributed by atoms with Gasteiger partial charge in [-0.15, -0.1) is 0 Å². The summed E-state index contributed by atoms with van der Waals surface area (Å²) >= 11 is 0. The highest BCUT2D eigenvalue weighted by Gasteiger charge is 2.36. The Bertz CT molecular complexity index is 789. The minimum absolute atomic E-state index is 0.0547. The van der Waals surface area contributed by atoms with E-state index < -0.39 is 28.3 Å². The number of carbonyl (C=O) groups excluding carboxylic acids is 3. The summed E-state index contributed by atoms with van der Waals surface area (Å²) in [6.45, 7) is 5.30. The summed E-state index contributed by atoms with van der Waals surface area (Å²) in [7, 11) is 0. The molecule has 1 aromatic carbocycles. The maximum absolute atomic E-state index is 12.8. The summed E-state index contributed by atoms with van der Waals surface area (Å²) in [5, 5.41) is 11.1. The van der Waals surface area contributed by atoms with Crippen LogP contribution in [0, 0.1) is 16.0 Å². The maximum atomic E-state index is 12.8. The molecule has 0 spiro atoms. The minimum Gasteiger partial charge on any atom is -0.444 e. The van der Waals surface area contributed by atoms with E-state index in [0.29, 0.717) is 0 Å². The first-order valence-electron chi connectivity index (χ1n) is 8.13. The number of carbonyl (C=O) groups is 2. The van der Waals surface area contributed by atoms with Gasteiger partial charge in [0.1, 0.15) is 11.5 Å². The highest BCUT2D eigenvalue weighted by atomic mass is 16.6. The van der Waals surface area contributed by atoms with Gasteiger partial charge in [-0.05, 0) is 33.3 Å². The lowest BCUT2D eigenvalue weighted by Crippen LogP contribution is -2.44. The Balaban J connectivity index is 2.21. The van der Waals surface area contributed by atoms with E-state index in [1.54, 1.807) is 26.7 Å². The van der Waals surface area contributed by atoms with Gasteiger partial charge in [-0.3, -0.25) is 14.9 Å². The highest BCUT2D eigenvalue weighted by molar-refractivity contribution is 6.04. The lowest BCUT2D eigenvalue weighted by Gasteiger charge is -2.33. The van der Waals surface area contributed by atoms with Crippen molar-refractivity contribution in [3.8, 4) is 0 Å². The molecule has 0 aliphatic carbocycles. The van der Waals surface area contributed by atoms with E-state index in [1.807, 2.05) is 0 Å². The number of para-hydroxylation sites is 1. The maximum Gasteiger partial charge on any atom is 0.410 e. The number of ketones is 1. The Kier molecular flexibility index (Phi) is 5.57. The summed E-state index contributed by atoms with van der Waals surface area (Å²) < 4.78 is 5.27. The number of Topliss-reactive ketones (excluding diaryl/α,β-unsaturated/α-hetero) is 1. The van der Waals surface area contributed by atoms with Crippen LogP contribution in [0.15, 0.2) is 29.8 Å². The van der Waals surface area contributed by atoms with E-state index in [0.717, 1.165) is 0 Å². The van der Waals surface area contributed by atoms with Crippen LogP contribution in [0.1, 0.15) is 37.6 Å². The van der Waals surface area contributed by atoms with Crippen LogP contribution in [0.25, 0.3) is 0 Å². The zero-order chi connectivity index (χ0) is 19.5. The third-order valence-electron chi connectivity index (χ3n) is 3.94. The number of benzene rings is 1. The molecule has 0 radical (unpaired) electrons. The van der Waals surface area contributed by atoms with Crippen molar-refractivity contribution in [2.45, 2.75) is 32.8 Å². The molecular formula is C18H20N2O6. The van der Waals surface area contributed by atoms with Crippen LogP contribution >= 0.6 is 0 Å². The van der Waals surface area contributed by atoms with Crippen LogP contribution in [0.2, 0.25) is 0 Å². The molecule has 138 valence electrons. The van der Waals surface area contributed by atoms with Crippen molar-refractivity contribution in [1.82, 2.24) is 4.90 Å². The summed E-state index contributed by atoms with van der Waals surface area (Å²) in [6.07, 6.45) is -0.406. The Morgan fingerprint density at radius 3 is 2.54 bits per heavy atom. The second-order valence-electron chi connectivity index (χ2n) is 7.01. The number of ether oxygens (including phenoxy) is 1. The predicted octanol–water partition coefficient (Wildman–Crippen LogP) is 2.79. The normalized spacial score (nSPS) is 17.4. The average Bonchev–Trinajstić information content (AvgIpc) is 2.59. The third kappa shape index (κ3) is 4.34. The summed E-state index contributed by atoms with van der Waals surface area (Å²) in [6, 6.07) is 5.60. The lowest BCUT2D eigenvalue weighted by atomic mass is 9.85. The van der Waals surface area contributed by atoms with Crippen molar-refractivity contribution in [2.24, 2.45) is 5.92 Å². The lowest BCUT2D eigenvalue weighted by molar-refractivity contribution is -0.385. The van der Waals surface area contributed by atoms with Crippen molar-refractivity contribution in [1.29, 1.82) is 0 Å². The molecule has 0 aromatic heterocycles. The number of piperidine rings is 1. The molecule has 1 saturated heterocycles. The van der Waals surface area contributed by atoms with Gasteiger partial charge in [-0.2, -0.15) is 0 Å². The van der Waals surface area contributed by atoms with Crippen LogP contribution in [0.4, 0.5) is 10.5 Å². The summed E-state index contributed by atoms with van der Waals surface area (Å²) in [5.74, 6) is 0.373. The fourth-order valence-electron chi connectivity index (χ4n) is 2.76. The molecule has 8 nitrogen and oxygen atoms in total. The molecule has 0 saturated carbocycles. The Hall–Kier alpha value is -2.99. The van der Waals surface area contributed by atoms with E-state index in [2.05, 4.69) is 0 Å². The molecule has 2 rings (SSSR count). The molecule has 1 aliphatic rings. The molecule has 1 fully saturated rings. The SMILES string of the molecule is CC(C)(C)OC(=O)N1CCC(C(=O)c2ccccc2[N+](=O)[O-])C(=C=O)C1. The topological polar surface area (TPSA) is 107 Å². The predicted molar refractivity (Wildman–Crippen MR) is 92.5 cm³/mol. The van der Waals surface area contributed by atoms with E-state index in [-0.39, 0.29) is 36.3 Å². The van der Waals surface area contributed by atoms with Gasteiger partial charge in [0.15, 0.2) is 5.78 Å². The molecule has 1 amide bonds. The Morgan fingerprint density at radius 2 is 1.96 bits per heavy atom. The number of hydrogen-bond donors (Lipinski definition) is 0. The first-order valence-corrected chi connectivity index (χ1v) is 8.13. The molecule has 1 heterocycles. The Labute approximate surface area is 150 Å². The minimum atomic E-state index is -0.840. The highest BCUT2D eigenvalue weighted by Crippen LogP contribution is 2.29. The number of nitrogens with zero attached hydrogens (tertiary/aromatic N) is 2. The second kappa shape index (κ2) is 7.49. The van der Waals surface area contributed by atoms with Crippen LogP contribution in [0.5, 0.6) is 0 Å². The van der Waals surface area contributed by atoms with Crippen LogP contribution in [-0.2, 0) is 9.53 Å². The zero-order valence-corrected chi connectivity index (χ0v) is 14.9. The van der Waals surface area contributed by atoms with Crippen LogP contribution in [0.3, 0.4) is 0 Å². The van der Waals surface area contributed by atoms with Gasteiger partial charge in [0.2, 0.25) is 0 Å². The first-order chi connectivity index (χ1) is 12.1. The van der Waals surface area contributed by atoms with Crippen molar-refractivity contribution >= 4 is 23.5 Å². The number of hydrogen-bond acceptors (Lipinski definition) is 6. The smallest absolute Gasteiger partial charge is 0.410 e. The summed E-state index contributed by atoms with van der Waals surface area (Å²) in [4.78, 5) is 48.1. The Morgan fingerprint density at radius 1 is 1.31 bits per heavy atom. The number of likely N-dealkylation sites (tertiary alicyclic amines) is 1. The van der Waals surface area contributed by atoms with Gasteiger partial charge in [0, 0.05) is 18.2 Å². The third-order valence-corrected chi connectivity index (χ3v) is 3.94.